The molecule has 5 heteroatoms. The zero-order chi connectivity index (χ0) is 13.0. The van der Waals surface area contributed by atoms with Gasteiger partial charge in [0.2, 0.25) is 0 Å². The van der Waals surface area contributed by atoms with Gasteiger partial charge in [-0.3, -0.25) is 4.79 Å². The van der Waals surface area contributed by atoms with Gasteiger partial charge in [0.1, 0.15) is 5.75 Å². The predicted octanol–water partition coefficient (Wildman–Crippen LogP) is 4.00. The molecule has 3 nitrogen and oxygen atoms in total. The number of carbonyl (C=O) groups excluding carboxylic acids is 1. The van der Waals surface area contributed by atoms with Gasteiger partial charge in [-0.2, -0.15) is 0 Å². The first-order valence-corrected chi connectivity index (χ1v) is 7.43. The third-order valence-corrected chi connectivity index (χ3v) is 4.04. The SMILES string of the molecule is CCOc1ccc(NC(=O)c2csc(I)c2)cc1. The fraction of sp³-hybridized carbons (Fsp3) is 0.154. The lowest BCUT2D eigenvalue weighted by Gasteiger charge is -2.06. The highest BCUT2D eigenvalue weighted by atomic mass is 127. The minimum Gasteiger partial charge on any atom is -0.494 e. The summed E-state index contributed by atoms with van der Waals surface area (Å²) in [5.74, 6) is 0.721. The summed E-state index contributed by atoms with van der Waals surface area (Å²) < 4.78 is 6.44. The first-order valence-electron chi connectivity index (χ1n) is 5.47. The van der Waals surface area contributed by atoms with E-state index in [1.165, 1.54) is 0 Å². The molecule has 0 aliphatic heterocycles. The number of benzene rings is 1. The summed E-state index contributed by atoms with van der Waals surface area (Å²) >= 11 is 3.76. The molecule has 0 atom stereocenters. The van der Waals surface area contributed by atoms with Crippen molar-refractivity contribution in [2.45, 2.75) is 6.92 Å². The van der Waals surface area contributed by atoms with Gasteiger partial charge in [-0.15, -0.1) is 11.3 Å². The van der Waals surface area contributed by atoms with Gasteiger partial charge in [-0.05, 0) is 59.8 Å². The quantitative estimate of drug-likeness (QED) is 0.823. The average molecular weight is 373 g/mol. The van der Waals surface area contributed by atoms with Crippen LogP contribution in [-0.2, 0) is 0 Å². The number of carbonyl (C=O) groups is 1. The van der Waals surface area contributed by atoms with E-state index in [1.54, 1.807) is 11.3 Å². The van der Waals surface area contributed by atoms with Crippen molar-refractivity contribution in [3.05, 3.63) is 44.2 Å². The number of thiophene rings is 1. The van der Waals surface area contributed by atoms with E-state index in [0.717, 1.165) is 14.3 Å². The molecule has 0 radical (unpaired) electrons. The van der Waals surface area contributed by atoms with E-state index < -0.39 is 0 Å². The van der Waals surface area contributed by atoms with Crippen LogP contribution in [-0.4, -0.2) is 12.5 Å². The van der Waals surface area contributed by atoms with Gasteiger partial charge in [0.25, 0.3) is 5.91 Å². The summed E-state index contributed by atoms with van der Waals surface area (Å²) in [7, 11) is 0. The first-order chi connectivity index (χ1) is 8.69. The fourth-order valence-electron chi connectivity index (χ4n) is 1.43. The molecule has 0 fully saturated rings. The summed E-state index contributed by atoms with van der Waals surface area (Å²) in [4.78, 5) is 11.9. The van der Waals surface area contributed by atoms with Crippen molar-refractivity contribution in [2.75, 3.05) is 11.9 Å². The molecular formula is C13H12INO2S. The minimum atomic E-state index is -0.0849. The van der Waals surface area contributed by atoms with Crippen molar-refractivity contribution in [1.29, 1.82) is 0 Å². The Bertz CT molecular complexity index is 536. The number of nitrogens with one attached hydrogen (secondary N) is 1. The number of halogens is 1. The van der Waals surface area contributed by atoms with Crippen molar-refractivity contribution in [2.24, 2.45) is 0 Å². The molecule has 0 unspecified atom stereocenters. The van der Waals surface area contributed by atoms with Crippen molar-refractivity contribution in [1.82, 2.24) is 0 Å². The van der Waals surface area contributed by atoms with Gasteiger partial charge in [0.15, 0.2) is 0 Å². The molecule has 1 aromatic heterocycles. The Morgan fingerprint density at radius 3 is 2.67 bits per heavy atom. The summed E-state index contributed by atoms with van der Waals surface area (Å²) in [6.45, 7) is 2.58. The Balaban J connectivity index is 2.03. The normalized spacial score (nSPS) is 10.1. The van der Waals surface area contributed by atoms with E-state index >= 15 is 0 Å². The molecule has 1 heterocycles. The molecule has 18 heavy (non-hydrogen) atoms. The number of rotatable bonds is 4. The summed E-state index contributed by atoms with van der Waals surface area (Å²) in [6.07, 6.45) is 0. The zero-order valence-corrected chi connectivity index (χ0v) is 12.7. The van der Waals surface area contributed by atoms with E-state index in [4.69, 9.17) is 4.74 Å². The van der Waals surface area contributed by atoms with Gasteiger partial charge in [0, 0.05) is 11.1 Å². The number of hydrogen-bond donors (Lipinski definition) is 1. The Morgan fingerprint density at radius 2 is 2.11 bits per heavy atom. The molecule has 0 spiro atoms. The fourth-order valence-corrected chi connectivity index (χ4v) is 2.76. The monoisotopic (exact) mass is 373 g/mol. The van der Waals surface area contributed by atoms with Crippen LogP contribution in [0.1, 0.15) is 17.3 Å². The molecule has 94 valence electrons. The smallest absolute Gasteiger partial charge is 0.256 e. The lowest BCUT2D eigenvalue weighted by molar-refractivity contribution is 0.102. The molecule has 1 amide bonds. The van der Waals surface area contributed by atoms with E-state index in [-0.39, 0.29) is 5.91 Å². The number of anilines is 1. The van der Waals surface area contributed by atoms with Crippen LogP contribution in [0.4, 0.5) is 5.69 Å². The van der Waals surface area contributed by atoms with Crippen molar-refractivity contribution in [3.8, 4) is 5.75 Å². The Kier molecular flexibility index (Phi) is 4.60. The lowest BCUT2D eigenvalue weighted by Crippen LogP contribution is -2.10. The standard InChI is InChI=1S/C13H12INO2S/c1-2-17-11-5-3-10(4-6-11)15-13(16)9-7-12(14)18-8-9/h3-8H,2H2,1H3,(H,15,16). The second kappa shape index (κ2) is 6.19. The third kappa shape index (κ3) is 3.46. The molecule has 1 aromatic carbocycles. The first kappa shape index (κ1) is 13.4. The molecule has 2 aromatic rings. The number of amides is 1. The highest BCUT2D eigenvalue weighted by molar-refractivity contribution is 14.1. The van der Waals surface area contributed by atoms with Crippen molar-refractivity contribution >= 4 is 45.5 Å². The Morgan fingerprint density at radius 1 is 1.39 bits per heavy atom. The average Bonchev–Trinajstić information content (AvgIpc) is 2.79. The highest BCUT2D eigenvalue weighted by Crippen LogP contribution is 2.19. The number of hydrogen-bond acceptors (Lipinski definition) is 3. The second-order valence-corrected chi connectivity index (χ2v) is 6.36. The topological polar surface area (TPSA) is 38.3 Å². The van der Waals surface area contributed by atoms with Gasteiger partial charge in [-0.1, -0.05) is 0 Å². The molecule has 0 aliphatic rings. The van der Waals surface area contributed by atoms with Gasteiger partial charge in [-0.25, -0.2) is 0 Å². The summed E-state index contributed by atoms with van der Waals surface area (Å²) in [5, 5.41) is 4.70. The Labute approximate surface area is 123 Å². The van der Waals surface area contributed by atoms with Crippen LogP contribution in [0.5, 0.6) is 5.75 Å². The van der Waals surface area contributed by atoms with E-state index in [2.05, 4.69) is 27.9 Å². The van der Waals surface area contributed by atoms with Gasteiger partial charge >= 0.3 is 0 Å². The lowest BCUT2D eigenvalue weighted by atomic mass is 10.2. The maximum absolute atomic E-state index is 11.9. The zero-order valence-electron chi connectivity index (χ0n) is 9.77. The summed E-state index contributed by atoms with van der Waals surface area (Å²) in [6, 6.07) is 9.22. The minimum absolute atomic E-state index is 0.0849. The van der Waals surface area contributed by atoms with Crippen LogP contribution in [0.3, 0.4) is 0 Å². The molecule has 1 N–H and O–H groups in total. The molecule has 0 aliphatic carbocycles. The molecule has 0 saturated carbocycles. The number of ether oxygens (including phenoxy) is 1. The van der Waals surface area contributed by atoms with Crippen molar-refractivity contribution in [3.63, 3.8) is 0 Å². The van der Waals surface area contributed by atoms with Gasteiger partial charge in [0.05, 0.1) is 15.1 Å². The van der Waals surface area contributed by atoms with Crippen LogP contribution in [0, 0.1) is 2.88 Å². The molecule has 0 bridgehead atoms. The van der Waals surface area contributed by atoms with Crippen LogP contribution in [0.2, 0.25) is 0 Å². The summed E-state index contributed by atoms with van der Waals surface area (Å²) in [5.41, 5.74) is 1.46. The third-order valence-electron chi connectivity index (χ3n) is 2.25. The molecule has 0 saturated heterocycles. The maximum Gasteiger partial charge on any atom is 0.256 e. The highest BCUT2D eigenvalue weighted by Gasteiger charge is 2.08. The van der Waals surface area contributed by atoms with E-state index in [0.29, 0.717) is 12.2 Å². The predicted molar refractivity (Wildman–Crippen MR) is 82.6 cm³/mol. The molecule has 2 rings (SSSR count). The van der Waals surface area contributed by atoms with Crippen LogP contribution < -0.4 is 10.1 Å². The van der Waals surface area contributed by atoms with Crippen LogP contribution in [0.15, 0.2) is 35.7 Å². The van der Waals surface area contributed by atoms with Crippen LogP contribution >= 0.6 is 33.9 Å². The van der Waals surface area contributed by atoms with Crippen LogP contribution in [0.25, 0.3) is 0 Å². The maximum atomic E-state index is 11.9. The largest absolute Gasteiger partial charge is 0.494 e. The van der Waals surface area contributed by atoms with Crippen molar-refractivity contribution < 1.29 is 9.53 Å². The van der Waals surface area contributed by atoms with E-state index in [1.807, 2.05) is 42.6 Å². The second-order valence-electron chi connectivity index (χ2n) is 3.55. The van der Waals surface area contributed by atoms with E-state index in [9.17, 15) is 4.79 Å². The molecular weight excluding hydrogens is 361 g/mol. The Hall–Kier alpha value is -1.08. The van der Waals surface area contributed by atoms with Gasteiger partial charge < -0.3 is 10.1 Å².